The summed E-state index contributed by atoms with van der Waals surface area (Å²) >= 11 is 0. The molecular weight excluding hydrogens is 196 g/mol. The Labute approximate surface area is 101 Å². The minimum atomic E-state index is 0.653. The molecule has 1 rings (SSSR count). The molecule has 0 saturated carbocycles. The van der Waals surface area contributed by atoms with Gasteiger partial charge in [-0.25, -0.2) is 0 Å². The molecular formula is C14H28N2. The minimum Gasteiger partial charge on any atom is -0.311 e. The predicted octanol–water partition coefficient (Wildman–Crippen LogP) is 2.52. The van der Waals surface area contributed by atoms with E-state index >= 15 is 0 Å². The fourth-order valence-corrected chi connectivity index (χ4v) is 2.41. The van der Waals surface area contributed by atoms with Crippen molar-refractivity contribution >= 4 is 0 Å². The highest BCUT2D eigenvalue weighted by molar-refractivity contribution is 4.93. The van der Waals surface area contributed by atoms with Crippen molar-refractivity contribution in [2.24, 2.45) is 11.8 Å². The van der Waals surface area contributed by atoms with Gasteiger partial charge in [-0.05, 0) is 18.8 Å². The largest absolute Gasteiger partial charge is 0.311 e. The summed E-state index contributed by atoms with van der Waals surface area (Å²) in [5, 5.41) is 3.69. The van der Waals surface area contributed by atoms with Crippen molar-refractivity contribution < 1.29 is 0 Å². The molecule has 2 nitrogen and oxygen atoms in total. The zero-order valence-electron chi connectivity index (χ0n) is 11.5. The molecule has 1 aliphatic rings. The van der Waals surface area contributed by atoms with E-state index < -0.39 is 0 Å². The lowest BCUT2D eigenvalue weighted by molar-refractivity contribution is 0.0969. The molecule has 16 heavy (non-hydrogen) atoms. The molecule has 94 valence electrons. The van der Waals surface area contributed by atoms with Crippen LogP contribution in [0.25, 0.3) is 0 Å². The number of allylic oxidation sites excluding steroid dienone is 1. The standard InChI is InChI=1S/C14H28N2/c1-6-7-8-16-10-13(11(2)3)15-9-14(16)12(4)5/h6-7,11-15H,8-10H2,1-5H3/b7-6+. The predicted molar refractivity (Wildman–Crippen MR) is 71.6 cm³/mol. The molecule has 0 amide bonds. The van der Waals surface area contributed by atoms with Crippen LogP contribution >= 0.6 is 0 Å². The van der Waals surface area contributed by atoms with Gasteiger partial charge in [-0.1, -0.05) is 39.8 Å². The van der Waals surface area contributed by atoms with E-state index in [1.165, 1.54) is 6.54 Å². The normalized spacial score (nSPS) is 28.4. The van der Waals surface area contributed by atoms with Crippen LogP contribution in [0.1, 0.15) is 34.6 Å². The lowest BCUT2D eigenvalue weighted by Crippen LogP contribution is -2.59. The summed E-state index contributed by atoms with van der Waals surface area (Å²) in [6.07, 6.45) is 4.43. The van der Waals surface area contributed by atoms with Crippen LogP contribution in [-0.2, 0) is 0 Å². The fourth-order valence-electron chi connectivity index (χ4n) is 2.41. The van der Waals surface area contributed by atoms with Crippen molar-refractivity contribution in [2.45, 2.75) is 46.7 Å². The Balaban J connectivity index is 2.61. The average Bonchev–Trinajstić information content (AvgIpc) is 2.25. The average molecular weight is 224 g/mol. The number of nitrogens with one attached hydrogen (secondary N) is 1. The van der Waals surface area contributed by atoms with E-state index in [-0.39, 0.29) is 0 Å². The van der Waals surface area contributed by atoms with Crippen LogP contribution in [0.4, 0.5) is 0 Å². The van der Waals surface area contributed by atoms with Gasteiger partial charge in [0.1, 0.15) is 0 Å². The van der Waals surface area contributed by atoms with Crippen molar-refractivity contribution in [3.63, 3.8) is 0 Å². The molecule has 0 aromatic rings. The molecule has 0 aromatic carbocycles. The van der Waals surface area contributed by atoms with E-state index in [9.17, 15) is 0 Å². The first-order chi connectivity index (χ1) is 7.56. The molecule has 1 N–H and O–H groups in total. The Morgan fingerprint density at radius 2 is 1.94 bits per heavy atom. The highest BCUT2D eigenvalue weighted by atomic mass is 15.2. The zero-order valence-corrected chi connectivity index (χ0v) is 11.5. The molecule has 1 saturated heterocycles. The monoisotopic (exact) mass is 224 g/mol. The molecule has 2 unspecified atom stereocenters. The topological polar surface area (TPSA) is 15.3 Å². The van der Waals surface area contributed by atoms with Crippen LogP contribution in [0.3, 0.4) is 0 Å². The molecule has 0 radical (unpaired) electrons. The van der Waals surface area contributed by atoms with Gasteiger partial charge in [0, 0.05) is 31.7 Å². The third kappa shape index (κ3) is 3.60. The van der Waals surface area contributed by atoms with Gasteiger partial charge in [0.25, 0.3) is 0 Å². The summed E-state index contributed by atoms with van der Waals surface area (Å²) in [5.41, 5.74) is 0. The van der Waals surface area contributed by atoms with E-state index in [2.05, 4.69) is 57.0 Å². The fraction of sp³-hybridized carbons (Fsp3) is 0.857. The zero-order chi connectivity index (χ0) is 12.1. The van der Waals surface area contributed by atoms with E-state index in [0.29, 0.717) is 12.1 Å². The first-order valence-corrected chi connectivity index (χ1v) is 6.64. The van der Waals surface area contributed by atoms with Crippen LogP contribution in [0.15, 0.2) is 12.2 Å². The van der Waals surface area contributed by atoms with Crippen LogP contribution < -0.4 is 5.32 Å². The Morgan fingerprint density at radius 1 is 1.25 bits per heavy atom. The van der Waals surface area contributed by atoms with Crippen LogP contribution in [-0.4, -0.2) is 36.6 Å². The van der Waals surface area contributed by atoms with Gasteiger partial charge in [-0.2, -0.15) is 0 Å². The highest BCUT2D eigenvalue weighted by Gasteiger charge is 2.29. The van der Waals surface area contributed by atoms with Gasteiger partial charge < -0.3 is 5.32 Å². The Morgan fingerprint density at radius 3 is 2.44 bits per heavy atom. The second-order valence-corrected chi connectivity index (χ2v) is 5.59. The summed E-state index contributed by atoms with van der Waals surface area (Å²) in [5.74, 6) is 1.45. The summed E-state index contributed by atoms with van der Waals surface area (Å²) in [4.78, 5) is 2.63. The van der Waals surface area contributed by atoms with Crippen LogP contribution in [0, 0.1) is 11.8 Å². The first kappa shape index (κ1) is 13.7. The van der Waals surface area contributed by atoms with Crippen molar-refractivity contribution in [2.75, 3.05) is 19.6 Å². The van der Waals surface area contributed by atoms with E-state index in [1.54, 1.807) is 0 Å². The maximum absolute atomic E-state index is 3.69. The molecule has 1 aliphatic heterocycles. The molecule has 2 atom stereocenters. The highest BCUT2D eigenvalue weighted by Crippen LogP contribution is 2.18. The third-order valence-electron chi connectivity index (χ3n) is 3.64. The van der Waals surface area contributed by atoms with Crippen molar-refractivity contribution in [3.8, 4) is 0 Å². The smallest absolute Gasteiger partial charge is 0.0247 e. The minimum absolute atomic E-state index is 0.653. The third-order valence-corrected chi connectivity index (χ3v) is 3.64. The lowest BCUT2D eigenvalue weighted by atomic mass is 9.94. The number of nitrogens with zero attached hydrogens (tertiary/aromatic N) is 1. The van der Waals surface area contributed by atoms with Gasteiger partial charge in [-0.15, -0.1) is 0 Å². The number of piperazine rings is 1. The summed E-state index contributed by atoms with van der Waals surface area (Å²) in [6.45, 7) is 14.8. The summed E-state index contributed by atoms with van der Waals surface area (Å²) in [7, 11) is 0. The second-order valence-electron chi connectivity index (χ2n) is 5.59. The van der Waals surface area contributed by atoms with Crippen LogP contribution in [0.2, 0.25) is 0 Å². The maximum Gasteiger partial charge on any atom is 0.0247 e. The van der Waals surface area contributed by atoms with E-state index in [4.69, 9.17) is 0 Å². The van der Waals surface area contributed by atoms with Crippen LogP contribution in [0.5, 0.6) is 0 Å². The number of hydrogen-bond acceptors (Lipinski definition) is 2. The Bertz CT molecular complexity index is 221. The second kappa shape index (κ2) is 6.41. The van der Waals surface area contributed by atoms with Crippen molar-refractivity contribution in [1.29, 1.82) is 0 Å². The lowest BCUT2D eigenvalue weighted by Gasteiger charge is -2.43. The molecule has 2 heteroatoms. The number of rotatable bonds is 4. The van der Waals surface area contributed by atoms with E-state index in [0.717, 1.165) is 24.9 Å². The van der Waals surface area contributed by atoms with Gasteiger partial charge in [0.15, 0.2) is 0 Å². The van der Waals surface area contributed by atoms with Gasteiger partial charge in [0.2, 0.25) is 0 Å². The molecule has 0 aromatic heterocycles. The van der Waals surface area contributed by atoms with Crippen molar-refractivity contribution in [3.05, 3.63) is 12.2 Å². The van der Waals surface area contributed by atoms with Gasteiger partial charge >= 0.3 is 0 Å². The molecule has 0 aliphatic carbocycles. The summed E-state index contributed by atoms with van der Waals surface area (Å²) < 4.78 is 0. The molecule has 0 spiro atoms. The quantitative estimate of drug-likeness (QED) is 0.738. The van der Waals surface area contributed by atoms with Gasteiger partial charge in [-0.3, -0.25) is 4.90 Å². The number of hydrogen-bond donors (Lipinski definition) is 1. The molecule has 1 heterocycles. The SMILES string of the molecule is C/C=C/CN1CC(C(C)C)NCC1C(C)C. The summed E-state index contributed by atoms with van der Waals surface area (Å²) in [6, 6.07) is 1.34. The molecule has 0 bridgehead atoms. The van der Waals surface area contributed by atoms with E-state index in [1.807, 2.05) is 0 Å². The van der Waals surface area contributed by atoms with Crippen molar-refractivity contribution in [1.82, 2.24) is 10.2 Å². The Kier molecular flexibility index (Phi) is 5.50. The maximum atomic E-state index is 3.69. The molecule has 1 fully saturated rings. The Hall–Kier alpha value is -0.340. The first-order valence-electron chi connectivity index (χ1n) is 6.64. The van der Waals surface area contributed by atoms with Gasteiger partial charge in [0.05, 0.1) is 0 Å².